The minimum absolute atomic E-state index is 0.860. The summed E-state index contributed by atoms with van der Waals surface area (Å²) in [5.74, 6) is 1.72. The molecule has 0 aliphatic carbocycles. The van der Waals surface area contributed by atoms with Crippen LogP contribution in [0.25, 0.3) is 0 Å². The van der Waals surface area contributed by atoms with Gasteiger partial charge in [-0.3, -0.25) is 0 Å². The summed E-state index contributed by atoms with van der Waals surface area (Å²) in [6.45, 7) is 0. The van der Waals surface area contributed by atoms with E-state index in [9.17, 15) is 0 Å². The van der Waals surface area contributed by atoms with E-state index in [-0.39, 0.29) is 0 Å². The maximum Gasteiger partial charge on any atom is 0.119 e. The summed E-state index contributed by atoms with van der Waals surface area (Å²) in [6.07, 6.45) is 0. The van der Waals surface area contributed by atoms with Crippen LogP contribution in [0, 0.1) is 0 Å². The van der Waals surface area contributed by atoms with Crippen LogP contribution in [0.1, 0.15) is 0 Å². The molecule has 4 heteroatoms. The van der Waals surface area contributed by atoms with E-state index in [0.29, 0.717) is 0 Å². The molecule has 0 bridgehead atoms. The van der Waals surface area contributed by atoms with Crippen molar-refractivity contribution in [1.82, 2.24) is 0 Å². The third-order valence-corrected chi connectivity index (χ3v) is 4.54. The molecule has 26 heavy (non-hydrogen) atoms. The lowest BCUT2D eigenvalue weighted by atomic mass is 10.2. The van der Waals surface area contributed by atoms with Gasteiger partial charge in [-0.05, 0) is 72.8 Å². The SMILES string of the molecule is COc1ccc(N(C)c2ccc(N(C)c3ccc(OC)cc3)cc2)cc1. The van der Waals surface area contributed by atoms with Crippen LogP contribution in [0.4, 0.5) is 22.7 Å². The number of nitrogens with zero attached hydrogens (tertiary/aromatic N) is 2. The van der Waals surface area contributed by atoms with Crippen LogP contribution in [-0.4, -0.2) is 28.3 Å². The fourth-order valence-corrected chi connectivity index (χ4v) is 2.81. The molecule has 3 rings (SSSR count). The molecule has 0 spiro atoms. The summed E-state index contributed by atoms with van der Waals surface area (Å²) in [5, 5.41) is 0. The van der Waals surface area contributed by atoms with Crippen LogP contribution < -0.4 is 19.3 Å². The zero-order valence-corrected chi connectivity index (χ0v) is 15.6. The largest absolute Gasteiger partial charge is 0.497 e. The highest BCUT2D eigenvalue weighted by atomic mass is 16.5. The molecule has 3 aromatic rings. The molecular formula is C22H24N2O2. The Morgan fingerprint density at radius 3 is 0.923 bits per heavy atom. The average Bonchev–Trinajstić information content (AvgIpc) is 2.73. The number of ether oxygens (including phenoxy) is 2. The Labute approximate surface area is 155 Å². The zero-order chi connectivity index (χ0) is 18.5. The molecule has 3 aromatic carbocycles. The molecule has 4 nitrogen and oxygen atoms in total. The van der Waals surface area contributed by atoms with Crippen LogP contribution in [0.15, 0.2) is 72.8 Å². The molecule has 0 radical (unpaired) electrons. The highest BCUT2D eigenvalue weighted by Gasteiger charge is 2.07. The maximum absolute atomic E-state index is 5.22. The highest BCUT2D eigenvalue weighted by Crippen LogP contribution is 2.30. The Morgan fingerprint density at radius 1 is 0.462 bits per heavy atom. The molecule has 0 N–H and O–H groups in total. The fourth-order valence-electron chi connectivity index (χ4n) is 2.81. The quantitative estimate of drug-likeness (QED) is 0.608. The first-order chi connectivity index (χ1) is 12.6. The first kappa shape index (κ1) is 17.7. The predicted octanol–water partition coefficient (Wildman–Crippen LogP) is 5.24. The molecule has 0 aliphatic heterocycles. The van der Waals surface area contributed by atoms with Gasteiger partial charge in [0.25, 0.3) is 0 Å². The van der Waals surface area contributed by atoms with E-state index < -0.39 is 0 Å². The normalized spacial score (nSPS) is 10.3. The molecule has 0 aromatic heterocycles. The van der Waals surface area contributed by atoms with E-state index in [1.165, 1.54) is 0 Å². The minimum atomic E-state index is 0.860. The van der Waals surface area contributed by atoms with E-state index in [1.807, 2.05) is 24.3 Å². The second kappa shape index (κ2) is 7.83. The van der Waals surface area contributed by atoms with Gasteiger partial charge >= 0.3 is 0 Å². The monoisotopic (exact) mass is 348 g/mol. The second-order valence-electron chi connectivity index (χ2n) is 6.03. The Bertz CT molecular complexity index is 755. The minimum Gasteiger partial charge on any atom is -0.497 e. The van der Waals surface area contributed by atoms with Gasteiger partial charge in [0.1, 0.15) is 11.5 Å². The molecule has 0 heterocycles. The van der Waals surface area contributed by atoms with Crippen LogP contribution in [0.2, 0.25) is 0 Å². The Morgan fingerprint density at radius 2 is 0.692 bits per heavy atom. The van der Waals surface area contributed by atoms with Crippen molar-refractivity contribution in [2.75, 3.05) is 38.1 Å². The van der Waals surface area contributed by atoms with Crippen LogP contribution in [-0.2, 0) is 0 Å². The van der Waals surface area contributed by atoms with Gasteiger partial charge in [-0.25, -0.2) is 0 Å². The van der Waals surface area contributed by atoms with E-state index >= 15 is 0 Å². The lowest BCUT2D eigenvalue weighted by Crippen LogP contribution is -2.11. The predicted molar refractivity (Wildman–Crippen MR) is 109 cm³/mol. The number of benzene rings is 3. The molecule has 0 amide bonds. The number of hydrogen-bond acceptors (Lipinski definition) is 4. The summed E-state index contributed by atoms with van der Waals surface area (Å²) in [5.41, 5.74) is 4.48. The fraction of sp³-hybridized carbons (Fsp3) is 0.182. The molecule has 0 fully saturated rings. The lowest BCUT2D eigenvalue weighted by Gasteiger charge is -2.23. The molecule has 0 unspecified atom stereocenters. The Hall–Kier alpha value is -3.14. The van der Waals surface area contributed by atoms with Gasteiger partial charge in [0, 0.05) is 36.8 Å². The first-order valence-electron chi connectivity index (χ1n) is 8.48. The Balaban J connectivity index is 1.76. The van der Waals surface area contributed by atoms with Crippen LogP contribution >= 0.6 is 0 Å². The number of anilines is 4. The summed E-state index contributed by atoms with van der Waals surface area (Å²) < 4.78 is 10.4. The standard InChI is InChI=1S/C22H24N2O2/c1-23(19-9-13-21(25-3)14-10-19)17-5-7-18(8-6-17)24(2)20-11-15-22(26-4)16-12-20/h5-16H,1-4H3. The van der Waals surface area contributed by atoms with Crippen molar-refractivity contribution in [2.45, 2.75) is 0 Å². The van der Waals surface area contributed by atoms with Crippen molar-refractivity contribution >= 4 is 22.7 Å². The smallest absolute Gasteiger partial charge is 0.119 e. The molecule has 0 saturated carbocycles. The van der Waals surface area contributed by atoms with Crippen molar-refractivity contribution in [2.24, 2.45) is 0 Å². The first-order valence-corrected chi connectivity index (χ1v) is 8.48. The number of hydrogen-bond donors (Lipinski definition) is 0. The van der Waals surface area contributed by atoms with Crippen molar-refractivity contribution in [1.29, 1.82) is 0 Å². The molecule has 0 atom stereocenters. The number of rotatable bonds is 6. The van der Waals surface area contributed by atoms with Crippen molar-refractivity contribution in [3.05, 3.63) is 72.8 Å². The molecule has 134 valence electrons. The Kier molecular flexibility index (Phi) is 5.32. The molecular weight excluding hydrogens is 324 g/mol. The third-order valence-electron chi connectivity index (χ3n) is 4.54. The van der Waals surface area contributed by atoms with Gasteiger partial charge in [-0.15, -0.1) is 0 Å². The van der Waals surface area contributed by atoms with Gasteiger partial charge in [-0.2, -0.15) is 0 Å². The lowest BCUT2D eigenvalue weighted by molar-refractivity contribution is 0.414. The van der Waals surface area contributed by atoms with Gasteiger partial charge in [0.15, 0.2) is 0 Å². The van der Waals surface area contributed by atoms with E-state index in [1.54, 1.807) is 14.2 Å². The second-order valence-corrected chi connectivity index (χ2v) is 6.03. The van der Waals surface area contributed by atoms with E-state index in [0.717, 1.165) is 34.2 Å². The average molecular weight is 348 g/mol. The summed E-state index contributed by atoms with van der Waals surface area (Å²) in [6, 6.07) is 24.6. The van der Waals surface area contributed by atoms with Gasteiger partial charge < -0.3 is 19.3 Å². The van der Waals surface area contributed by atoms with Gasteiger partial charge in [0.05, 0.1) is 14.2 Å². The highest BCUT2D eigenvalue weighted by molar-refractivity contribution is 5.69. The van der Waals surface area contributed by atoms with E-state index in [2.05, 4.69) is 72.4 Å². The molecule has 0 saturated heterocycles. The topological polar surface area (TPSA) is 24.9 Å². The van der Waals surface area contributed by atoms with E-state index in [4.69, 9.17) is 9.47 Å². The van der Waals surface area contributed by atoms with Crippen LogP contribution in [0.3, 0.4) is 0 Å². The van der Waals surface area contributed by atoms with Crippen molar-refractivity contribution in [3.63, 3.8) is 0 Å². The van der Waals surface area contributed by atoms with Crippen molar-refractivity contribution in [3.8, 4) is 11.5 Å². The third kappa shape index (κ3) is 3.75. The summed E-state index contributed by atoms with van der Waals surface area (Å²) in [7, 11) is 7.47. The molecule has 0 aliphatic rings. The van der Waals surface area contributed by atoms with Gasteiger partial charge in [0.2, 0.25) is 0 Å². The maximum atomic E-state index is 5.22. The van der Waals surface area contributed by atoms with Gasteiger partial charge in [-0.1, -0.05) is 0 Å². The zero-order valence-electron chi connectivity index (χ0n) is 15.6. The number of methoxy groups -OCH3 is 2. The van der Waals surface area contributed by atoms with Crippen molar-refractivity contribution < 1.29 is 9.47 Å². The summed E-state index contributed by atoms with van der Waals surface area (Å²) >= 11 is 0. The summed E-state index contributed by atoms with van der Waals surface area (Å²) in [4.78, 5) is 4.30. The van der Waals surface area contributed by atoms with Crippen LogP contribution in [0.5, 0.6) is 11.5 Å².